The zero-order valence-corrected chi connectivity index (χ0v) is 8.47. The highest BCUT2D eigenvalue weighted by Crippen LogP contribution is 2.32. The van der Waals surface area contributed by atoms with Crippen LogP contribution in [0.1, 0.15) is 39.5 Å². The van der Waals surface area contributed by atoms with Gasteiger partial charge in [-0.3, -0.25) is 4.79 Å². The van der Waals surface area contributed by atoms with E-state index in [1.54, 1.807) is 0 Å². The number of hydrogen-bond donors (Lipinski definition) is 2. The number of carboxylic acid groups (broad SMARTS) is 1. The van der Waals surface area contributed by atoms with Gasteiger partial charge in [-0.2, -0.15) is 0 Å². The molecule has 0 aromatic rings. The number of hydrogen-bond acceptors (Lipinski definition) is 2. The Kier molecular flexibility index (Phi) is 3.31. The second kappa shape index (κ2) is 4.09. The summed E-state index contributed by atoms with van der Waals surface area (Å²) >= 11 is 0. The number of carboxylic acids is 1. The third-order valence-electron chi connectivity index (χ3n) is 3.31. The molecule has 0 saturated heterocycles. The summed E-state index contributed by atoms with van der Waals surface area (Å²) < 4.78 is 0. The molecule has 0 spiro atoms. The molecule has 1 saturated carbocycles. The van der Waals surface area contributed by atoms with E-state index in [2.05, 4.69) is 19.2 Å². The maximum absolute atomic E-state index is 10.4. The lowest BCUT2D eigenvalue weighted by Crippen LogP contribution is -2.51. The Morgan fingerprint density at radius 2 is 2.31 bits per heavy atom. The van der Waals surface area contributed by atoms with Gasteiger partial charge in [0.1, 0.15) is 0 Å². The molecule has 0 heterocycles. The van der Waals surface area contributed by atoms with Crippen LogP contribution >= 0.6 is 0 Å². The Morgan fingerprint density at radius 1 is 1.62 bits per heavy atom. The van der Waals surface area contributed by atoms with Crippen molar-refractivity contribution >= 4 is 5.97 Å². The summed E-state index contributed by atoms with van der Waals surface area (Å²) in [5, 5.41) is 11.7. The smallest absolute Gasteiger partial charge is 0.317 e. The lowest BCUT2D eigenvalue weighted by atomic mass is 9.75. The van der Waals surface area contributed by atoms with E-state index in [0.717, 1.165) is 6.42 Å². The third-order valence-corrected chi connectivity index (χ3v) is 3.31. The molecular weight excluding hydrogens is 166 g/mol. The van der Waals surface area contributed by atoms with Crippen LogP contribution in [0.4, 0.5) is 0 Å². The number of nitrogens with one attached hydrogen (secondary N) is 1. The van der Waals surface area contributed by atoms with E-state index < -0.39 is 5.97 Å². The van der Waals surface area contributed by atoms with Crippen molar-refractivity contribution < 1.29 is 9.90 Å². The topological polar surface area (TPSA) is 49.3 Å². The van der Waals surface area contributed by atoms with Crippen LogP contribution in [0, 0.1) is 5.92 Å². The van der Waals surface area contributed by atoms with E-state index in [1.807, 2.05) is 0 Å². The molecule has 0 aromatic heterocycles. The molecule has 1 fully saturated rings. The highest BCUT2D eigenvalue weighted by atomic mass is 16.4. The minimum Gasteiger partial charge on any atom is -0.480 e. The van der Waals surface area contributed by atoms with Crippen molar-refractivity contribution in [2.24, 2.45) is 5.92 Å². The van der Waals surface area contributed by atoms with Gasteiger partial charge in [0.2, 0.25) is 0 Å². The fraction of sp³-hybridized carbons (Fsp3) is 0.900. The molecule has 76 valence electrons. The summed E-state index contributed by atoms with van der Waals surface area (Å²) in [5.74, 6) is -0.181. The quantitative estimate of drug-likeness (QED) is 0.702. The third kappa shape index (κ3) is 2.69. The van der Waals surface area contributed by atoms with E-state index >= 15 is 0 Å². The van der Waals surface area contributed by atoms with Crippen LogP contribution in [-0.2, 0) is 4.79 Å². The van der Waals surface area contributed by atoms with E-state index in [9.17, 15) is 4.79 Å². The molecule has 0 radical (unpaired) electrons. The van der Waals surface area contributed by atoms with Crippen LogP contribution in [0.3, 0.4) is 0 Å². The fourth-order valence-corrected chi connectivity index (χ4v) is 2.05. The zero-order valence-electron chi connectivity index (χ0n) is 8.47. The van der Waals surface area contributed by atoms with Crippen molar-refractivity contribution in [2.75, 3.05) is 6.54 Å². The maximum Gasteiger partial charge on any atom is 0.317 e. The first-order valence-electron chi connectivity index (χ1n) is 5.01. The summed E-state index contributed by atoms with van der Waals surface area (Å²) in [6.45, 7) is 4.43. The molecule has 2 unspecified atom stereocenters. The lowest BCUT2D eigenvalue weighted by Gasteiger charge is -2.40. The first-order chi connectivity index (χ1) is 6.04. The van der Waals surface area contributed by atoms with Gasteiger partial charge in [0, 0.05) is 5.54 Å². The van der Waals surface area contributed by atoms with E-state index in [-0.39, 0.29) is 12.1 Å². The summed E-state index contributed by atoms with van der Waals surface area (Å²) in [6.07, 6.45) is 4.81. The van der Waals surface area contributed by atoms with Gasteiger partial charge in [-0.15, -0.1) is 0 Å². The van der Waals surface area contributed by atoms with Gasteiger partial charge in [0.15, 0.2) is 0 Å². The summed E-state index contributed by atoms with van der Waals surface area (Å²) in [4.78, 5) is 10.4. The summed E-state index contributed by atoms with van der Waals surface area (Å²) in [6, 6.07) is 0. The molecule has 0 aliphatic heterocycles. The number of rotatable bonds is 3. The zero-order chi connectivity index (χ0) is 9.90. The van der Waals surface area contributed by atoms with Crippen LogP contribution in [0.25, 0.3) is 0 Å². The Balaban J connectivity index is 2.46. The predicted octanol–water partition coefficient (Wildman–Crippen LogP) is 1.63. The predicted molar refractivity (Wildman–Crippen MR) is 51.7 cm³/mol. The standard InChI is InChI=1S/C10H19NO2/c1-8-5-3-4-6-10(8,2)11-7-9(12)13/h8,11H,3-7H2,1-2H3,(H,12,13). The molecule has 0 aromatic carbocycles. The molecular formula is C10H19NO2. The van der Waals surface area contributed by atoms with Crippen LogP contribution in [-0.4, -0.2) is 23.2 Å². The van der Waals surface area contributed by atoms with Gasteiger partial charge in [-0.05, 0) is 25.7 Å². The highest BCUT2D eigenvalue weighted by molar-refractivity contribution is 5.69. The summed E-state index contributed by atoms with van der Waals surface area (Å²) in [5.41, 5.74) is 0.0383. The van der Waals surface area contributed by atoms with Crippen molar-refractivity contribution in [1.82, 2.24) is 5.32 Å². The highest BCUT2D eigenvalue weighted by Gasteiger charge is 2.33. The first-order valence-corrected chi connectivity index (χ1v) is 5.01. The Bertz CT molecular complexity index is 193. The minimum absolute atomic E-state index is 0.0383. The molecule has 1 aliphatic rings. The van der Waals surface area contributed by atoms with Gasteiger partial charge in [-0.1, -0.05) is 19.8 Å². The molecule has 3 nitrogen and oxygen atoms in total. The van der Waals surface area contributed by atoms with E-state index in [4.69, 9.17) is 5.11 Å². The molecule has 2 N–H and O–H groups in total. The Hall–Kier alpha value is -0.570. The van der Waals surface area contributed by atoms with Crippen molar-refractivity contribution in [3.63, 3.8) is 0 Å². The van der Waals surface area contributed by atoms with Gasteiger partial charge >= 0.3 is 5.97 Å². The molecule has 0 amide bonds. The molecule has 2 atom stereocenters. The normalized spacial score (nSPS) is 34.5. The van der Waals surface area contributed by atoms with Crippen molar-refractivity contribution in [2.45, 2.75) is 45.1 Å². The Labute approximate surface area is 79.5 Å². The van der Waals surface area contributed by atoms with Gasteiger partial charge in [-0.25, -0.2) is 0 Å². The minimum atomic E-state index is -0.765. The second-order valence-electron chi connectivity index (χ2n) is 4.31. The van der Waals surface area contributed by atoms with Crippen LogP contribution in [0.5, 0.6) is 0 Å². The molecule has 13 heavy (non-hydrogen) atoms. The van der Waals surface area contributed by atoms with Crippen LogP contribution in [0.2, 0.25) is 0 Å². The fourth-order valence-electron chi connectivity index (χ4n) is 2.05. The first kappa shape index (κ1) is 10.5. The SMILES string of the molecule is CC1CCCCC1(C)NCC(=O)O. The average Bonchev–Trinajstić information content (AvgIpc) is 2.07. The molecule has 0 bridgehead atoms. The van der Waals surface area contributed by atoms with E-state index in [1.165, 1.54) is 19.3 Å². The number of aliphatic carboxylic acids is 1. The van der Waals surface area contributed by atoms with Crippen LogP contribution in [0.15, 0.2) is 0 Å². The summed E-state index contributed by atoms with van der Waals surface area (Å²) in [7, 11) is 0. The molecule has 1 aliphatic carbocycles. The van der Waals surface area contributed by atoms with Crippen molar-refractivity contribution in [3.05, 3.63) is 0 Å². The maximum atomic E-state index is 10.4. The molecule has 1 rings (SSSR count). The van der Waals surface area contributed by atoms with Gasteiger partial charge < -0.3 is 10.4 Å². The Morgan fingerprint density at radius 3 is 2.85 bits per heavy atom. The van der Waals surface area contributed by atoms with Crippen molar-refractivity contribution in [1.29, 1.82) is 0 Å². The molecule has 3 heteroatoms. The van der Waals surface area contributed by atoms with Gasteiger partial charge in [0.25, 0.3) is 0 Å². The van der Waals surface area contributed by atoms with Gasteiger partial charge in [0.05, 0.1) is 6.54 Å². The largest absolute Gasteiger partial charge is 0.480 e. The second-order valence-corrected chi connectivity index (χ2v) is 4.31. The lowest BCUT2D eigenvalue weighted by molar-refractivity contribution is -0.136. The van der Waals surface area contributed by atoms with Crippen molar-refractivity contribution in [3.8, 4) is 0 Å². The monoisotopic (exact) mass is 185 g/mol. The number of carbonyl (C=O) groups is 1. The van der Waals surface area contributed by atoms with Crippen LogP contribution < -0.4 is 5.32 Å². The van der Waals surface area contributed by atoms with E-state index in [0.29, 0.717) is 5.92 Å². The average molecular weight is 185 g/mol.